The van der Waals surface area contributed by atoms with Gasteiger partial charge < -0.3 is 14.6 Å². The molecule has 1 rings (SSSR count). The standard InChI is InChI=1S/C13H16O5/c1-17-13(16)6-3-7-18-11-5-2-4-10(8-11)9-12(14)15/h2,4-5,8H,3,6-7,9H2,1H3,(H,14,15). The number of rotatable bonds is 7. The van der Waals surface area contributed by atoms with Gasteiger partial charge in [-0.15, -0.1) is 0 Å². The van der Waals surface area contributed by atoms with Crippen molar-refractivity contribution in [1.29, 1.82) is 0 Å². The van der Waals surface area contributed by atoms with Gasteiger partial charge in [0.15, 0.2) is 0 Å². The first-order chi connectivity index (χ1) is 8.61. The number of aliphatic carboxylic acids is 1. The summed E-state index contributed by atoms with van der Waals surface area (Å²) >= 11 is 0. The van der Waals surface area contributed by atoms with E-state index in [2.05, 4.69) is 4.74 Å². The summed E-state index contributed by atoms with van der Waals surface area (Å²) in [6.07, 6.45) is 0.848. The highest BCUT2D eigenvalue weighted by molar-refractivity contribution is 5.70. The summed E-state index contributed by atoms with van der Waals surface area (Å²) < 4.78 is 9.93. The van der Waals surface area contributed by atoms with Crippen molar-refractivity contribution in [1.82, 2.24) is 0 Å². The summed E-state index contributed by atoms with van der Waals surface area (Å²) in [4.78, 5) is 21.4. The third-order valence-electron chi connectivity index (χ3n) is 2.28. The molecule has 0 aliphatic carbocycles. The molecule has 0 bridgehead atoms. The van der Waals surface area contributed by atoms with E-state index in [1.165, 1.54) is 7.11 Å². The van der Waals surface area contributed by atoms with Crippen LogP contribution < -0.4 is 4.74 Å². The van der Waals surface area contributed by atoms with Gasteiger partial charge in [-0.3, -0.25) is 9.59 Å². The highest BCUT2D eigenvalue weighted by Gasteiger charge is 2.03. The lowest BCUT2D eigenvalue weighted by molar-refractivity contribution is -0.141. The summed E-state index contributed by atoms with van der Waals surface area (Å²) in [5, 5.41) is 8.67. The van der Waals surface area contributed by atoms with Crippen LogP contribution in [0.3, 0.4) is 0 Å². The maximum absolute atomic E-state index is 10.9. The van der Waals surface area contributed by atoms with Crippen molar-refractivity contribution in [3.05, 3.63) is 29.8 Å². The van der Waals surface area contributed by atoms with Crippen LogP contribution in [-0.2, 0) is 20.7 Å². The van der Waals surface area contributed by atoms with Gasteiger partial charge in [0, 0.05) is 6.42 Å². The number of ether oxygens (including phenoxy) is 2. The molecule has 98 valence electrons. The second kappa shape index (κ2) is 7.32. The van der Waals surface area contributed by atoms with Gasteiger partial charge in [-0.1, -0.05) is 12.1 Å². The largest absolute Gasteiger partial charge is 0.494 e. The molecular formula is C13H16O5. The summed E-state index contributed by atoms with van der Waals surface area (Å²) in [7, 11) is 1.35. The molecular weight excluding hydrogens is 236 g/mol. The lowest BCUT2D eigenvalue weighted by Gasteiger charge is -2.06. The maximum atomic E-state index is 10.9. The number of carbonyl (C=O) groups excluding carboxylic acids is 1. The molecule has 0 spiro atoms. The zero-order valence-electron chi connectivity index (χ0n) is 10.2. The predicted molar refractivity (Wildman–Crippen MR) is 64.5 cm³/mol. The van der Waals surface area contributed by atoms with Crippen LogP contribution in [0.2, 0.25) is 0 Å². The average molecular weight is 252 g/mol. The molecule has 0 aliphatic heterocycles. The number of carbonyl (C=O) groups is 2. The summed E-state index contributed by atoms with van der Waals surface area (Å²) in [6.45, 7) is 0.394. The van der Waals surface area contributed by atoms with Gasteiger partial charge in [-0.2, -0.15) is 0 Å². The summed E-state index contributed by atoms with van der Waals surface area (Å²) in [6, 6.07) is 6.92. The Bertz CT molecular complexity index is 414. The third-order valence-corrected chi connectivity index (χ3v) is 2.28. The quantitative estimate of drug-likeness (QED) is 0.590. The molecule has 0 saturated heterocycles. The van der Waals surface area contributed by atoms with Gasteiger partial charge in [0.2, 0.25) is 0 Å². The molecule has 0 atom stereocenters. The molecule has 0 radical (unpaired) electrons. The molecule has 0 fully saturated rings. The number of benzene rings is 1. The Morgan fingerprint density at radius 1 is 1.33 bits per heavy atom. The molecule has 5 nitrogen and oxygen atoms in total. The first-order valence-electron chi connectivity index (χ1n) is 5.62. The van der Waals surface area contributed by atoms with E-state index >= 15 is 0 Å². The fourth-order valence-electron chi connectivity index (χ4n) is 1.43. The van der Waals surface area contributed by atoms with Crippen LogP contribution in [0.1, 0.15) is 18.4 Å². The Balaban J connectivity index is 2.38. The number of esters is 1. The fourth-order valence-corrected chi connectivity index (χ4v) is 1.43. The number of carboxylic acids is 1. The number of carboxylic acid groups (broad SMARTS) is 1. The number of hydrogen-bond acceptors (Lipinski definition) is 4. The predicted octanol–water partition coefficient (Wildman–Crippen LogP) is 1.65. The Labute approximate surface area is 105 Å². The zero-order valence-corrected chi connectivity index (χ0v) is 10.2. The van der Waals surface area contributed by atoms with Crippen molar-refractivity contribution in [3.8, 4) is 5.75 Å². The van der Waals surface area contributed by atoms with E-state index in [0.717, 1.165) is 0 Å². The van der Waals surface area contributed by atoms with Gasteiger partial charge in [-0.05, 0) is 24.1 Å². The first-order valence-corrected chi connectivity index (χ1v) is 5.62. The molecule has 1 N–H and O–H groups in total. The molecule has 0 heterocycles. The van der Waals surface area contributed by atoms with Crippen LogP contribution in [0.15, 0.2) is 24.3 Å². The average Bonchev–Trinajstić information content (AvgIpc) is 2.34. The minimum absolute atomic E-state index is 0.0284. The van der Waals surface area contributed by atoms with Gasteiger partial charge in [0.1, 0.15) is 5.75 Å². The van der Waals surface area contributed by atoms with Crippen LogP contribution in [0.25, 0.3) is 0 Å². The third kappa shape index (κ3) is 5.34. The van der Waals surface area contributed by atoms with E-state index in [1.807, 2.05) is 0 Å². The van der Waals surface area contributed by atoms with Crippen molar-refractivity contribution in [3.63, 3.8) is 0 Å². The van der Waals surface area contributed by atoms with E-state index in [1.54, 1.807) is 24.3 Å². The van der Waals surface area contributed by atoms with Gasteiger partial charge >= 0.3 is 11.9 Å². The van der Waals surface area contributed by atoms with Crippen molar-refractivity contribution in [2.75, 3.05) is 13.7 Å². The molecule has 0 saturated carbocycles. The van der Waals surface area contributed by atoms with Gasteiger partial charge in [0.25, 0.3) is 0 Å². The van der Waals surface area contributed by atoms with E-state index in [9.17, 15) is 9.59 Å². The Kier molecular flexibility index (Phi) is 5.70. The van der Waals surface area contributed by atoms with Crippen molar-refractivity contribution < 1.29 is 24.2 Å². The number of methoxy groups -OCH3 is 1. The van der Waals surface area contributed by atoms with Gasteiger partial charge in [-0.25, -0.2) is 0 Å². The van der Waals surface area contributed by atoms with E-state index in [4.69, 9.17) is 9.84 Å². The van der Waals surface area contributed by atoms with Crippen molar-refractivity contribution >= 4 is 11.9 Å². The van der Waals surface area contributed by atoms with E-state index in [0.29, 0.717) is 30.8 Å². The molecule has 0 amide bonds. The zero-order chi connectivity index (χ0) is 13.4. The topological polar surface area (TPSA) is 72.8 Å². The second-order valence-electron chi connectivity index (χ2n) is 3.75. The van der Waals surface area contributed by atoms with Crippen LogP contribution in [0.4, 0.5) is 0 Å². The van der Waals surface area contributed by atoms with E-state index < -0.39 is 5.97 Å². The molecule has 18 heavy (non-hydrogen) atoms. The van der Waals surface area contributed by atoms with Crippen LogP contribution in [-0.4, -0.2) is 30.8 Å². The van der Waals surface area contributed by atoms with Crippen molar-refractivity contribution in [2.24, 2.45) is 0 Å². The maximum Gasteiger partial charge on any atom is 0.307 e. The smallest absolute Gasteiger partial charge is 0.307 e. The van der Waals surface area contributed by atoms with E-state index in [-0.39, 0.29) is 12.4 Å². The minimum atomic E-state index is -0.877. The fraction of sp³-hybridized carbons (Fsp3) is 0.385. The molecule has 5 heteroatoms. The van der Waals surface area contributed by atoms with Crippen LogP contribution in [0.5, 0.6) is 5.75 Å². The Morgan fingerprint density at radius 3 is 2.78 bits per heavy atom. The molecule has 0 aliphatic rings. The monoisotopic (exact) mass is 252 g/mol. The molecule has 0 aromatic heterocycles. The summed E-state index contributed by atoms with van der Waals surface area (Å²) in [5.74, 6) is -0.533. The second-order valence-corrected chi connectivity index (χ2v) is 3.75. The highest BCUT2D eigenvalue weighted by Crippen LogP contribution is 2.14. The van der Waals surface area contributed by atoms with Crippen LogP contribution in [0, 0.1) is 0 Å². The molecule has 1 aromatic rings. The lowest BCUT2D eigenvalue weighted by atomic mass is 10.1. The normalized spacial score (nSPS) is 9.83. The minimum Gasteiger partial charge on any atom is -0.494 e. The van der Waals surface area contributed by atoms with Crippen LogP contribution >= 0.6 is 0 Å². The first kappa shape index (κ1) is 14.0. The molecule has 0 unspecified atom stereocenters. The Hall–Kier alpha value is -2.04. The molecule has 1 aromatic carbocycles. The SMILES string of the molecule is COC(=O)CCCOc1cccc(CC(=O)O)c1. The Morgan fingerprint density at radius 2 is 2.11 bits per heavy atom. The van der Waals surface area contributed by atoms with Gasteiger partial charge in [0.05, 0.1) is 20.1 Å². The summed E-state index contributed by atoms with van der Waals surface area (Å²) in [5.41, 5.74) is 0.688. The highest BCUT2D eigenvalue weighted by atomic mass is 16.5. The number of hydrogen-bond donors (Lipinski definition) is 1. The lowest BCUT2D eigenvalue weighted by Crippen LogP contribution is -2.05. The van der Waals surface area contributed by atoms with Crippen molar-refractivity contribution in [2.45, 2.75) is 19.3 Å².